The molecule has 0 spiro atoms. The molecule has 0 saturated heterocycles. The first-order valence-corrected chi connectivity index (χ1v) is 10.6. The molecule has 0 radical (unpaired) electrons. The molecule has 0 fully saturated rings. The molecule has 0 aromatic heterocycles. The summed E-state index contributed by atoms with van der Waals surface area (Å²) in [5, 5.41) is 12.2. The molecule has 1 unspecified atom stereocenters. The number of hydrogen-bond donors (Lipinski definition) is 1. The van der Waals surface area contributed by atoms with Crippen LogP contribution in [0.5, 0.6) is 17.2 Å². The molecular weight excluding hydrogens is 308 g/mol. The fourth-order valence-corrected chi connectivity index (χ4v) is 5.07. The van der Waals surface area contributed by atoms with Gasteiger partial charge >= 0.3 is 0 Å². The molecule has 0 aliphatic heterocycles. The van der Waals surface area contributed by atoms with Crippen molar-refractivity contribution in [1.29, 1.82) is 0 Å². The summed E-state index contributed by atoms with van der Waals surface area (Å²) in [6.45, 7) is 4.30. The van der Waals surface area contributed by atoms with E-state index in [9.17, 15) is 5.11 Å². The molecule has 0 bridgehead atoms. The molecule has 2 aromatic carbocycles. The Morgan fingerprint density at radius 1 is 0.870 bits per heavy atom. The molecule has 1 atom stereocenters. The quantitative estimate of drug-likeness (QED) is 0.826. The van der Waals surface area contributed by atoms with E-state index >= 15 is 0 Å². The molecule has 0 aliphatic rings. The SMILES string of the molecule is COc1cc(C(O)[Si](C)(C)c2ccccc2)cc(OC)c1OC. The maximum atomic E-state index is 11.0. The molecule has 124 valence electrons. The average Bonchev–Trinajstić information content (AvgIpc) is 2.60. The average molecular weight is 332 g/mol. The van der Waals surface area contributed by atoms with Gasteiger partial charge in [0.2, 0.25) is 5.75 Å². The highest BCUT2D eigenvalue weighted by atomic mass is 28.3. The number of methoxy groups -OCH3 is 3. The summed E-state index contributed by atoms with van der Waals surface area (Å²) in [5.74, 6) is 1.64. The summed E-state index contributed by atoms with van der Waals surface area (Å²) in [6.07, 6.45) is 0. The lowest BCUT2D eigenvalue weighted by Crippen LogP contribution is -2.47. The van der Waals surface area contributed by atoms with Crippen LogP contribution >= 0.6 is 0 Å². The monoisotopic (exact) mass is 332 g/mol. The van der Waals surface area contributed by atoms with Gasteiger partial charge in [-0.05, 0) is 17.7 Å². The van der Waals surface area contributed by atoms with E-state index in [1.807, 2.05) is 30.3 Å². The van der Waals surface area contributed by atoms with Crippen molar-refractivity contribution in [2.45, 2.75) is 18.8 Å². The fourth-order valence-electron chi connectivity index (χ4n) is 2.70. The molecule has 0 heterocycles. The molecule has 0 aliphatic carbocycles. The van der Waals surface area contributed by atoms with Crippen LogP contribution in [0.15, 0.2) is 42.5 Å². The zero-order chi connectivity index (χ0) is 17.0. The first-order valence-electron chi connectivity index (χ1n) is 7.49. The summed E-state index contributed by atoms with van der Waals surface area (Å²) < 4.78 is 16.1. The van der Waals surface area contributed by atoms with Gasteiger partial charge in [0.15, 0.2) is 11.5 Å². The molecule has 0 saturated carbocycles. The van der Waals surface area contributed by atoms with Crippen LogP contribution in [-0.4, -0.2) is 34.5 Å². The van der Waals surface area contributed by atoms with Crippen molar-refractivity contribution in [2.24, 2.45) is 0 Å². The van der Waals surface area contributed by atoms with Gasteiger partial charge in [0, 0.05) is 0 Å². The van der Waals surface area contributed by atoms with Gasteiger partial charge in [-0.3, -0.25) is 0 Å². The van der Waals surface area contributed by atoms with E-state index in [4.69, 9.17) is 14.2 Å². The summed E-state index contributed by atoms with van der Waals surface area (Å²) in [5.41, 5.74) is 0.193. The van der Waals surface area contributed by atoms with Gasteiger partial charge < -0.3 is 19.3 Å². The van der Waals surface area contributed by atoms with E-state index in [-0.39, 0.29) is 0 Å². The Labute approximate surface area is 138 Å². The van der Waals surface area contributed by atoms with Gasteiger partial charge in [0.1, 0.15) is 8.07 Å². The zero-order valence-electron chi connectivity index (χ0n) is 14.3. The smallest absolute Gasteiger partial charge is 0.203 e. The zero-order valence-corrected chi connectivity index (χ0v) is 15.3. The van der Waals surface area contributed by atoms with Crippen molar-refractivity contribution >= 4 is 13.3 Å². The molecule has 0 amide bonds. The van der Waals surface area contributed by atoms with Crippen molar-refractivity contribution in [2.75, 3.05) is 21.3 Å². The number of aliphatic hydroxyl groups excluding tert-OH is 1. The second-order valence-corrected chi connectivity index (χ2v) is 10.5. The van der Waals surface area contributed by atoms with Crippen LogP contribution in [0.1, 0.15) is 11.3 Å². The lowest BCUT2D eigenvalue weighted by atomic mass is 10.2. The van der Waals surface area contributed by atoms with E-state index in [2.05, 4.69) is 25.2 Å². The highest BCUT2D eigenvalue weighted by Crippen LogP contribution is 2.41. The molecule has 2 rings (SSSR count). The Hall–Kier alpha value is -1.98. The van der Waals surface area contributed by atoms with Crippen molar-refractivity contribution in [3.63, 3.8) is 0 Å². The van der Waals surface area contributed by atoms with E-state index in [0.29, 0.717) is 17.2 Å². The number of benzene rings is 2. The maximum absolute atomic E-state index is 11.0. The Balaban J connectivity index is 2.48. The molecule has 2 aromatic rings. The standard InChI is InChI=1S/C18H24O4Si/c1-20-15-11-13(12-16(21-2)17(15)22-3)18(19)23(4,5)14-9-7-6-8-10-14/h6-12,18-19H,1-5H3. The summed E-state index contributed by atoms with van der Waals surface area (Å²) >= 11 is 0. The van der Waals surface area contributed by atoms with Crippen molar-refractivity contribution in [1.82, 2.24) is 0 Å². The molecule has 5 heteroatoms. The minimum Gasteiger partial charge on any atom is -0.493 e. The predicted octanol–water partition coefficient (Wildman–Crippen LogP) is 2.90. The first kappa shape index (κ1) is 17.4. The van der Waals surface area contributed by atoms with Gasteiger partial charge in [-0.2, -0.15) is 0 Å². The van der Waals surface area contributed by atoms with Gasteiger partial charge in [-0.25, -0.2) is 0 Å². The van der Waals surface area contributed by atoms with Gasteiger partial charge in [-0.1, -0.05) is 48.6 Å². The van der Waals surface area contributed by atoms with Crippen LogP contribution < -0.4 is 19.4 Å². The highest BCUT2D eigenvalue weighted by Gasteiger charge is 2.34. The molecular formula is C18H24O4Si. The number of hydrogen-bond acceptors (Lipinski definition) is 4. The van der Waals surface area contributed by atoms with E-state index < -0.39 is 13.8 Å². The van der Waals surface area contributed by atoms with Gasteiger partial charge in [0.05, 0.1) is 27.1 Å². The molecule has 23 heavy (non-hydrogen) atoms. The van der Waals surface area contributed by atoms with Crippen LogP contribution in [0.3, 0.4) is 0 Å². The molecule has 1 N–H and O–H groups in total. The Bertz CT molecular complexity index is 630. The first-order chi connectivity index (χ1) is 11.0. The number of aliphatic hydroxyl groups is 1. The van der Waals surface area contributed by atoms with Gasteiger partial charge in [0.25, 0.3) is 0 Å². The second-order valence-electron chi connectivity index (χ2n) is 5.95. The lowest BCUT2D eigenvalue weighted by Gasteiger charge is -2.30. The topological polar surface area (TPSA) is 47.9 Å². The fraction of sp³-hybridized carbons (Fsp3) is 0.333. The second kappa shape index (κ2) is 7.06. The summed E-state index contributed by atoms with van der Waals surface area (Å²) in [7, 11) is 2.60. The van der Waals surface area contributed by atoms with E-state index in [0.717, 1.165) is 5.56 Å². The normalized spacial score (nSPS) is 12.6. The maximum Gasteiger partial charge on any atom is 0.203 e. The van der Waals surface area contributed by atoms with Crippen LogP contribution in [0.25, 0.3) is 0 Å². The Kier molecular flexibility index (Phi) is 5.33. The number of ether oxygens (including phenoxy) is 3. The third-order valence-corrected chi connectivity index (χ3v) is 7.73. The Morgan fingerprint density at radius 3 is 1.83 bits per heavy atom. The summed E-state index contributed by atoms with van der Waals surface area (Å²) in [6, 6.07) is 13.8. The van der Waals surface area contributed by atoms with Crippen molar-refractivity contribution < 1.29 is 19.3 Å². The molecule has 4 nitrogen and oxygen atoms in total. The third kappa shape index (κ3) is 3.35. The van der Waals surface area contributed by atoms with Gasteiger partial charge in [-0.15, -0.1) is 0 Å². The van der Waals surface area contributed by atoms with Crippen LogP contribution in [0.2, 0.25) is 13.1 Å². The van der Waals surface area contributed by atoms with Crippen LogP contribution in [-0.2, 0) is 0 Å². The van der Waals surface area contributed by atoms with Crippen LogP contribution in [0, 0.1) is 0 Å². The van der Waals surface area contributed by atoms with E-state index in [1.165, 1.54) is 5.19 Å². The predicted molar refractivity (Wildman–Crippen MR) is 94.6 cm³/mol. The van der Waals surface area contributed by atoms with Crippen LogP contribution in [0.4, 0.5) is 0 Å². The minimum atomic E-state index is -2.12. The highest BCUT2D eigenvalue weighted by molar-refractivity contribution is 6.90. The van der Waals surface area contributed by atoms with E-state index in [1.54, 1.807) is 21.3 Å². The van der Waals surface area contributed by atoms with Crippen molar-refractivity contribution in [3.8, 4) is 17.2 Å². The lowest BCUT2D eigenvalue weighted by molar-refractivity contribution is 0.248. The van der Waals surface area contributed by atoms with Crippen molar-refractivity contribution in [3.05, 3.63) is 48.0 Å². The summed E-state index contributed by atoms with van der Waals surface area (Å²) in [4.78, 5) is 0. The Morgan fingerprint density at radius 2 is 1.39 bits per heavy atom. The largest absolute Gasteiger partial charge is 0.493 e. The minimum absolute atomic E-state index is 0.533. The number of rotatable bonds is 6. The third-order valence-electron chi connectivity index (χ3n) is 4.20.